The predicted molar refractivity (Wildman–Crippen MR) is 119 cm³/mol. The Bertz CT molecular complexity index is 1280. The summed E-state index contributed by atoms with van der Waals surface area (Å²) in [7, 11) is 0. The molecule has 3 aromatic rings. The normalized spacial score (nSPS) is 18.1. The molecule has 1 aliphatic heterocycles. The van der Waals surface area contributed by atoms with Crippen LogP contribution >= 0.6 is 0 Å². The molecule has 1 saturated heterocycles. The molecule has 0 aliphatic carbocycles. The van der Waals surface area contributed by atoms with Crippen molar-refractivity contribution < 1.29 is 27.9 Å². The van der Waals surface area contributed by atoms with E-state index in [1.54, 1.807) is 42.5 Å². The standard InChI is InChI=1S/C26H20F3NO3/c1-15-9-11-17(12-10-15)23(31)21-22(18-6-3-5-16(2)13-18)30(25(33)24(21)32)20-8-4-7-19(14-20)26(27,28)29/h3-14,22,31H,1-2H3/b23-21+. The van der Waals surface area contributed by atoms with E-state index in [4.69, 9.17) is 0 Å². The Morgan fingerprint density at radius 2 is 1.55 bits per heavy atom. The van der Waals surface area contributed by atoms with Crippen molar-refractivity contribution in [2.24, 2.45) is 0 Å². The van der Waals surface area contributed by atoms with Gasteiger partial charge in [-0.25, -0.2) is 0 Å². The minimum absolute atomic E-state index is 0.0820. The van der Waals surface area contributed by atoms with Gasteiger partial charge in [-0.05, 0) is 37.6 Å². The second kappa shape index (κ2) is 8.24. The number of Topliss-reactive ketones (excluding diaryl/α,β-unsaturated/α-hetero) is 1. The van der Waals surface area contributed by atoms with E-state index in [0.29, 0.717) is 11.1 Å². The first-order chi connectivity index (χ1) is 15.6. The fraction of sp³-hybridized carbons (Fsp3) is 0.154. The molecule has 0 radical (unpaired) electrons. The lowest BCUT2D eigenvalue weighted by Gasteiger charge is -2.26. The Morgan fingerprint density at radius 1 is 0.879 bits per heavy atom. The van der Waals surface area contributed by atoms with Gasteiger partial charge < -0.3 is 5.11 Å². The zero-order valence-electron chi connectivity index (χ0n) is 17.9. The van der Waals surface area contributed by atoms with Gasteiger partial charge in [0.1, 0.15) is 5.76 Å². The molecule has 1 atom stereocenters. The summed E-state index contributed by atoms with van der Waals surface area (Å²) in [6.07, 6.45) is -4.62. The maximum atomic E-state index is 13.3. The van der Waals surface area contributed by atoms with Crippen molar-refractivity contribution in [1.29, 1.82) is 0 Å². The summed E-state index contributed by atoms with van der Waals surface area (Å²) in [6.45, 7) is 3.68. The first-order valence-corrected chi connectivity index (χ1v) is 10.2. The molecule has 0 spiro atoms. The van der Waals surface area contributed by atoms with E-state index >= 15 is 0 Å². The molecule has 1 heterocycles. The lowest BCUT2D eigenvalue weighted by molar-refractivity contribution is -0.137. The Balaban J connectivity index is 1.95. The third-order valence-electron chi connectivity index (χ3n) is 5.58. The van der Waals surface area contributed by atoms with Crippen molar-refractivity contribution in [2.75, 3.05) is 4.90 Å². The number of aliphatic hydroxyl groups is 1. The minimum atomic E-state index is -4.62. The zero-order valence-corrected chi connectivity index (χ0v) is 17.9. The first kappa shape index (κ1) is 22.3. The van der Waals surface area contributed by atoms with E-state index in [-0.39, 0.29) is 17.0 Å². The molecule has 0 saturated carbocycles. The number of rotatable bonds is 3. The summed E-state index contributed by atoms with van der Waals surface area (Å²) in [5.41, 5.74) is 1.40. The van der Waals surface area contributed by atoms with Crippen molar-refractivity contribution in [3.05, 3.63) is 106 Å². The van der Waals surface area contributed by atoms with E-state index in [1.165, 1.54) is 12.1 Å². The van der Waals surface area contributed by atoms with E-state index in [2.05, 4.69) is 0 Å². The zero-order chi connectivity index (χ0) is 23.9. The van der Waals surface area contributed by atoms with Crippen molar-refractivity contribution >= 4 is 23.1 Å². The molecule has 4 rings (SSSR count). The van der Waals surface area contributed by atoms with E-state index in [9.17, 15) is 27.9 Å². The van der Waals surface area contributed by atoms with Gasteiger partial charge in [0.25, 0.3) is 11.7 Å². The van der Waals surface area contributed by atoms with E-state index in [0.717, 1.165) is 28.2 Å². The SMILES string of the molecule is Cc1ccc(/C(O)=C2\C(=O)C(=O)N(c3cccc(C(F)(F)F)c3)C2c2cccc(C)c2)cc1. The molecule has 4 nitrogen and oxygen atoms in total. The highest BCUT2D eigenvalue weighted by Crippen LogP contribution is 2.43. The number of halogens is 3. The van der Waals surface area contributed by atoms with Crippen LogP contribution in [0, 0.1) is 13.8 Å². The number of hydrogen-bond acceptors (Lipinski definition) is 3. The van der Waals surface area contributed by atoms with Crippen LogP contribution in [-0.2, 0) is 15.8 Å². The number of benzene rings is 3. The quantitative estimate of drug-likeness (QED) is 0.304. The summed E-state index contributed by atoms with van der Waals surface area (Å²) in [5, 5.41) is 11.0. The molecule has 1 N–H and O–H groups in total. The molecule has 1 aliphatic rings. The number of carbonyl (C=O) groups excluding carboxylic acids is 2. The maximum Gasteiger partial charge on any atom is 0.416 e. The molecule has 1 fully saturated rings. The van der Waals surface area contributed by atoms with Crippen LogP contribution in [0.25, 0.3) is 5.76 Å². The molecule has 33 heavy (non-hydrogen) atoms. The average Bonchev–Trinajstić information content (AvgIpc) is 3.04. The third-order valence-corrected chi connectivity index (χ3v) is 5.58. The predicted octanol–water partition coefficient (Wildman–Crippen LogP) is 5.95. The van der Waals surface area contributed by atoms with Gasteiger partial charge >= 0.3 is 6.18 Å². The van der Waals surface area contributed by atoms with Crippen LogP contribution < -0.4 is 4.90 Å². The van der Waals surface area contributed by atoms with Gasteiger partial charge in [-0.15, -0.1) is 0 Å². The summed E-state index contributed by atoms with van der Waals surface area (Å²) >= 11 is 0. The Morgan fingerprint density at radius 3 is 2.18 bits per heavy atom. The minimum Gasteiger partial charge on any atom is -0.507 e. The largest absolute Gasteiger partial charge is 0.507 e. The maximum absolute atomic E-state index is 13.3. The number of aryl methyl sites for hydroxylation is 2. The van der Waals surface area contributed by atoms with Crippen molar-refractivity contribution in [3.63, 3.8) is 0 Å². The Kier molecular flexibility index (Phi) is 5.57. The van der Waals surface area contributed by atoms with Crippen LogP contribution in [0.15, 0.2) is 78.4 Å². The highest BCUT2D eigenvalue weighted by atomic mass is 19.4. The topological polar surface area (TPSA) is 57.6 Å². The van der Waals surface area contributed by atoms with Crippen LogP contribution in [0.5, 0.6) is 0 Å². The fourth-order valence-corrected chi connectivity index (χ4v) is 3.95. The lowest BCUT2D eigenvalue weighted by atomic mass is 9.94. The highest BCUT2D eigenvalue weighted by Gasteiger charge is 2.47. The smallest absolute Gasteiger partial charge is 0.416 e. The van der Waals surface area contributed by atoms with Gasteiger partial charge in [0.05, 0.1) is 17.2 Å². The van der Waals surface area contributed by atoms with Crippen LogP contribution in [0.4, 0.5) is 18.9 Å². The number of carbonyl (C=O) groups is 2. The van der Waals surface area contributed by atoms with Crippen LogP contribution in [0.3, 0.4) is 0 Å². The van der Waals surface area contributed by atoms with Crippen molar-refractivity contribution in [2.45, 2.75) is 26.1 Å². The molecule has 0 aromatic heterocycles. The average molecular weight is 451 g/mol. The van der Waals surface area contributed by atoms with Gasteiger partial charge in [-0.2, -0.15) is 13.2 Å². The number of nitrogens with zero attached hydrogens (tertiary/aromatic N) is 1. The molecule has 168 valence electrons. The van der Waals surface area contributed by atoms with Gasteiger partial charge in [-0.1, -0.05) is 65.7 Å². The highest BCUT2D eigenvalue weighted by molar-refractivity contribution is 6.51. The van der Waals surface area contributed by atoms with E-state index in [1.807, 2.05) is 19.9 Å². The monoisotopic (exact) mass is 451 g/mol. The second-order valence-corrected chi connectivity index (χ2v) is 8.00. The Hall–Kier alpha value is -3.87. The second-order valence-electron chi connectivity index (χ2n) is 8.00. The molecule has 3 aromatic carbocycles. The van der Waals surface area contributed by atoms with Crippen LogP contribution in [0.2, 0.25) is 0 Å². The molecular weight excluding hydrogens is 431 g/mol. The molecule has 7 heteroatoms. The summed E-state index contributed by atoms with van der Waals surface area (Å²) in [5.74, 6) is -2.35. The fourth-order valence-electron chi connectivity index (χ4n) is 3.95. The number of aliphatic hydroxyl groups excluding tert-OH is 1. The lowest BCUT2D eigenvalue weighted by Crippen LogP contribution is -2.29. The summed E-state index contributed by atoms with van der Waals surface area (Å²) < 4.78 is 40.0. The third kappa shape index (κ3) is 4.14. The van der Waals surface area contributed by atoms with Gasteiger partial charge in [-0.3, -0.25) is 14.5 Å². The van der Waals surface area contributed by atoms with Gasteiger partial charge in [0.2, 0.25) is 0 Å². The Labute approximate surface area is 188 Å². The number of anilines is 1. The van der Waals surface area contributed by atoms with Gasteiger partial charge in [0, 0.05) is 11.3 Å². The molecule has 1 unspecified atom stereocenters. The number of alkyl halides is 3. The summed E-state index contributed by atoms with van der Waals surface area (Å²) in [6, 6.07) is 16.9. The van der Waals surface area contributed by atoms with Crippen LogP contribution in [-0.4, -0.2) is 16.8 Å². The number of amides is 1. The molecule has 0 bridgehead atoms. The molecule has 1 amide bonds. The van der Waals surface area contributed by atoms with Crippen LogP contribution in [0.1, 0.15) is 33.9 Å². The van der Waals surface area contributed by atoms with Crippen molar-refractivity contribution in [3.8, 4) is 0 Å². The first-order valence-electron chi connectivity index (χ1n) is 10.2. The van der Waals surface area contributed by atoms with E-state index < -0.39 is 29.5 Å². The number of hydrogen-bond donors (Lipinski definition) is 1. The van der Waals surface area contributed by atoms with Crippen molar-refractivity contribution in [1.82, 2.24) is 0 Å². The number of ketones is 1. The summed E-state index contributed by atoms with van der Waals surface area (Å²) in [4.78, 5) is 27.2. The molecular formula is C26H20F3NO3. The van der Waals surface area contributed by atoms with Gasteiger partial charge in [0.15, 0.2) is 0 Å².